The molecule has 0 aliphatic heterocycles. The number of hydrogen-bond acceptors (Lipinski definition) is 2. The lowest BCUT2D eigenvalue weighted by molar-refractivity contribution is 0.226. The maximum absolute atomic E-state index is 5.76. The molecular formula is C16H26BNO. The van der Waals surface area contributed by atoms with Crippen LogP contribution in [0.4, 0.5) is 0 Å². The number of allylic oxidation sites excluding steroid dienone is 4. The average molecular weight is 259 g/mol. The highest BCUT2D eigenvalue weighted by molar-refractivity contribution is 6.08. The molecule has 1 atom stereocenters. The van der Waals surface area contributed by atoms with Gasteiger partial charge >= 0.3 is 0 Å². The third kappa shape index (κ3) is 6.00. The van der Waals surface area contributed by atoms with E-state index in [0.717, 1.165) is 25.3 Å². The molecule has 0 aromatic rings. The fraction of sp³-hybridized carbons (Fsp3) is 0.562. The number of nitrogens with one attached hydrogen (secondary N) is 1. The van der Waals surface area contributed by atoms with E-state index >= 15 is 0 Å². The van der Waals surface area contributed by atoms with Gasteiger partial charge in [-0.15, -0.1) is 0 Å². The Bertz CT molecular complexity index is 403. The summed E-state index contributed by atoms with van der Waals surface area (Å²) in [5.41, 5.74) is 5.95. The Morgan fingerprint density at radius 1 is 1.47 bits per heavy atom. The Labute approximate surface area is 118 Å². The fourth-order valence-electron chi connectivity index (χ4n) is 1.91. The summed E-state index contributed by atoms with van der Waals surface area (Å²) in [4.78, 5) is 0. The van der Waals surface area contributed by atoms with E-state index in [1.807, 2.05) is 6.08 Å². The van der Waals surface area contributed by atoms with Gasteiger partial charge in [0.15, 0.2) is 5.76 Å². The van der Waals surface area contributed by atoms with Crippen molar-refractivity contribution in [2.45, 2.75) is 33.5 Å². The minimum absolute atomic E-state index is 0.602. The summed E-state index contributed by atoms with van der Waals surface area (Å²) in [5.74, 6) is 1.45. The van der Waals surface area contributed by atoms with E-state index in [2.05, 4.69) is 51.8 Å². The van der Waals surface area contributed by atoms with E-state index in [-0.39, 0.29) is 0 Å². The topological polar surface area (TPSA) is 21.3 Å². The van der Waals surface area contributed by atoms with Gasteiger partial charge in [0, 0.05) is 6.54 Å². The quantitative estimate of drug-likeness (QED) is 0.431. The summed E-state index contributed by atoms with van der Waals surface area (Å²) in [6.45, 7) is 9.03. The zero-order valence-corrected chi connectivity index (χ0v) is 12.8. The Hall–Kier alpha value is -1.18. The van der Waals surface area contributed by atoms with E-state index in [1.54, 1.807) is 0 Å². The van der Waals surface area contributed by atoms with E-state index in [9.17, 15) is 0 Å². The van der Waals surface area contributed by atoms with Crippen LogP contribution in [0.25, 0.3) is 0 Å². The van der Waals surface area contributed by atoms with Crippen molar-refractivity contribution in [2.75, 3.05) is 19.7 Å². The Kier molecular flexibility index (Phi) is 7.39. The van der Waals surface area contributed by atoms with Crippen LogP contribution < -0.4 is 5.32 Å². The van der Waals surface area contributed by atoms with E-state index < -0.39 is 0 Å². The largest absolute Gasteiger partial charge is 0.485 e. The zero-order valence-electron chi connectivity index (χ0n) is 12.8. The van der Waals surface area contributed by atoms with Crippen LogP contribution in [0.2, 0.25) is 6.32 Å². The molecule has 0 aromatic carbocycles. The fourth-order valence-corrected chi connectivity index (χ4v) is 1.91. The molecule has 104 valence electrons. The molecule has 0 amide bonds. The Morgan fingerprint density at radius 3 is 2.95 bits per heavy atom. The molecule has 1 aliphatic rings. The molecule has 2 nitrogen and oxygen atoms in total. The molecule has 0 fully saturated rings. The standard InChI is InChI=1S/C16H26BNO/c1-4-18-9-10-19-16-8-7-15(14(3)12-17)6-5-13(2)11-16/h6-8,14,18H,4-5,9-10,12,17H2,1-3H3/b8-7-,15-6+/t11?,14-/m0/s1. The smallest absolute Gasteiger partial charge is 0.162 e. The van der Waals surface area contributed by atoms with Gasteiger partial charge in [-0.25, -0.2) is 0 Å². The predicted molar refractivity (Wildman–Crippen MR) is 85.1 cm³/mol. The minimum atomic E-state index is 0.602. The molecule has 1 aliphatic carbocycles. The van der Waals surface area contributed by atoms with Crippen molar-refractivity contribution < 1.29 is 4.74 Å². The third-order valence-corrected chi connectivity index (χ3v) is 3.38. The highest BCUT2D eigenvalue weighted by Gasteiger charge is 2.05. The first kappa shape index (κ1) is 15.9. The highest BCUT2D eigenvalue weighted by atomic mass is 16.5. The number of ether oxygens (including phenoxy) is 1. The summed E-state index contributed by atoms with van der Waals surface area (Å²) < 4.78 is 5.76. The van der Waals surface area contributed by atoms with Gasteiger partial charge in [0.1, 0.15) is 14.5 Å². The highest BCUT2D eigenvalue weighted by Crippen LogP contribution is 2.20. The summed E-state index contributed by atoms with van der Waals surface area (Å²) in [7, 11) is 2.23. The van der Waals surface area contributed by atoms with E-state index in [0.29, 0.717) is 12.5 Å². The van der Waals surface area contributed by atoms with Crippen LogP contribution in [0, 0.1) is 5.92 Å². The van der Waals surface area contributed by atoms with Crippen molar-refractivity contribution in [1.82, 2.24) is 5.32 Å². The van der Waals surface area contributed by atoms with Crippen LogP contribution in [-0.2, 0) is 4.74 Å². The summed E-state index contributed by atoms with van der Waals surface area (Å²) in [6.07, 6.45) is 8.66. The minimum Gasteiger partial charge on any atom is -0.485 e. The summed E-state index contributed by atoms with van der Waals surface area (Å²) in [5, 5.41) is 3.25. The second-order valence-corrected chi connectivity index (χ2v) is 5.02. The second-order valence-electron chi connectivity index (χ2n) is 5.02. The van der Waals surface area contributed by atoms with Crippen LogP contribution in [-0.4, -0.2) is 27.5 Å². The molecule has 19 heavy (non-hydrogen) atoms. The Morgan fingerprint density at radius 2 is 2.26 bits per heavy atom. The van der Waals surface area contributed by atoms with Crippen LogP contribution >= 0.6 is 0 Å². The average Bonchev–Trinajstić information content (AvgIpc) is 2.39. The van der Waals surface area contributed by atoms with Gasteiger partial charge in [-0.2, -0.15) is 0 Å². The Balaban J connectivity index is 2.68. The predicted octanol–water partition coefficient (Wildman–Crippen LogP) is 2.62. The maximum atomic E-state index is 5.76. The van der Waals surface area contributed by atoms with Crippen molar-refractivity contribution in [3.8, 4) is 0 Å². The van der Waals surface area contributed by atoms with Gasteiger partial charge in [-0.3, -0.25) is 0 Å². The molecule has 1 rings (SSSR count). The molecule has 0 saturated heterocycles. The summed E-state index contributed by atoms with van der Waals surface area (Å²) >= 11 is 0. The van der Waals surface area contributed by atoms with Gasteiger partial charge in [0.2, 0.25) is 0 Å². The lowest BCUT2D eigenvalue weighted by Crippen LogP contribution is -2.18. The van der Waals surface area contributed by atoms with Gasteiger partial charge in [-0.1, -0.05) is 38.1 Å². The molecule has 0 saturated carbocycles. The number of rotatable bonds is 7. The van der Waals surface area contributed by atoms with Crippen LogP contribution in [0.5, 0.6) is 0 Å². The molecular weight excluding hydrogens is 233 g/mol. The molecule has 1 N–H and O–H groups in total. The van der Waals surface area contributed by atoms with Crippen LogP contribution in [0.1, 0.15) is 27.2 Å². The van der Waals surface area contributed by atoms with Gasteiger partial charge in [0.25, 0.3) is 0 Å². The molecule has 0 unspecified atom stereocenters. The molecule has 0 spiro atoms. The SMILES string of the molecule is BC[C@H](C)C1=C/CC(C)=C=C(OCCNCC)/C=C\1. The molecule has 0 aromatic heterocycles. The van der Waals surface area contributed by atoms with Crippen LogP contribution in [0.3, 0.4) is 0 Å². The summed E-state index contributed by atoms with van der Waals surface area (Å²) in [6, 6.07) is 0. The van der Waals surface area contributed by atoms with Gasteiger partial charge in [-0.05, 0) is 43.0 Å². The van der Waals surface area contributed by atoms with Gasteiger partial charge in [0.05, 0.1) is 0 Å². The molecule has 0 radical (unpaired) electrons. The maximum Gasteiger partial charge on any atom is 0.162 e. The lowest BCUT2D eigenvalue weighted by Gasteiger charge is -2.13. The van der Waals surface area contributed by atoms with Crippen molar-refractivity contribution in [3.63, 3.8) is 0 Å². The number of likely N-dealkylation sites (N-methyl/N-ethyl adjacent to an activating group) is 1. The molecule has 3 heteroatoms. The van der Waals surface area contributed by atoms with E-state index in [1.165, 1.54) is 17.5 Å². The third-order valence-electron chi connectivity index (χ3n) is 3.38. The lowest BCUT2D eigenvalue weighted by atomic mass is 9.85. The normalized spacial score (nSPS) is 21.3. The first-order valence-corrected chi connectivity index (χ1v) is 7.35. The number of hydrogen-bond donors (Lipinski definition) is 1. The van der Waals surface area contributed by atoms with Crippen molar-refractivity contribution in [3.05, 3.63) is 40.9 Å². The van der Waals surface area contributed by atoms with E-state index in [4.69, 9.17) is 4.74 Å². The first-order chi connectivity index (χ1) is 9.17. The van der Waals surface area contributed by atoms with Crippen molar-refractivity contribution in [1.29, 1.82) is 0 Å². The zero-order chi connectivity index (χ0) is 14.1. The molecule has 0 heterocycles. The van der Waals surface area contributed by atoms with Crippen molar-refractivity contribution in [2.24, 2.45) is 5.92 Å². The molecule has 0 bridgehead atoms. The van der Waals surface area contributed by atoms with Crippen LogP contribution in [0.15, 0.2) is 40.9 Å². The van der Waals surface area contributed by atoms with Crippen molar-refractivity contribution >= 4 is 7.85 Å². The van der Waals surface area contributed by atoms with Gasteiger partial charge < -0.3 is 10.1 Å². The first-order valence-electron chi connectivity index (χ1n) is 7.35. The monoisotopic (exact) mass is 259 g/mol. The second kappa shape index (κ2) is 8.85.